The Labute approximate surface area is 122 Å². The standard InChI is InChI=1S/C14H14Cl2N2O/c1-2-10-6-9(8-17)7-13(18-10)19-12-5-3-4-11(15)14(12)16/h3-7H,2,8,17H2,1H3. The zero-order valence-electron chi connectivity index (χ0n) is 10.5. The number of aromatic nitrogens is 1. The Morgan fingerprint density at radius 1 is 1.26 bits per heavy atom. The summed E-state index contributed by atoms with van der Waals surface area (Å²) in [6.45, 7) is 2.47. The van der Waals surface area contributed by atoms with E-state index in [4.69, 9.17) is 33.7 Å². The molecule has 0 atom stereocenters. The van der Waals surface area contributed by atoms with Gasteiger partial charge in [0.25, 0.3) is 0 Å². The van der Waals surface area contributed by atoms with Crippen LogP contribution in [0.15, 0.2) is 30.3 Å². The summed E-state index contributed by atoms with van der Waals surface area (Å²) in [6, 6.07) is 8.99. The van der Waals surface area contributed by atoms with Gasteiger partial charge in [0.1, 0.15) is 10.8 Å². The van der Waals surface area contributed by atoms with Crippen LogP contribution in [0.4, 0.5) is 0 Å². The molecule has 19 heavy (non-hydrogen) atoms. The molecule has 100 valence electrons. The summed E-state index contributed by atoms with van der Waals surface area (Å²) in [6.07, 6.45) is 0.813. The van der Waals surface area contributed by atoms with Gasteiger partial charge in [0.15, 0.2) is 0 Å². The topological polar surface area (TPSA) is 48.1 Å². The molecule has 0 spiro atoms. The van der Waals surface area contributed by atoms with Crippen LogP contribution in [0.3, 0.4) is 0 Å². The highest BCUT2D eigenvalue weighted by molar-refractivity contribution is 6.42. The van der Waals surface area contributed by atoms with Crippen LogP contribution in [0.2, 0.25) is 10.0 Å². The molecule has 0 bridgehead atoms. The van der Waals surface area contributed by atoms with Crippen LogP contribution in [0.25, 0.3) is 0 Å². The van der Waals surface area contributed by atoms with Crippen LogP contribution in [0, 0.1) is 0 Å². The lowest BCUT2D eigenvalue weighted by atomic mass is 10.2. The van der Waals surface area contributed by atoms with E-state index in [1.54, 1.807) is 24.3 Å². The van der Waals surface area contributed by atoms with Crippen LogP contribution < -0.4 is 10.5 Å². The van der Waals surface area contributed by atoms with E-state index in [0.717, 1.165) is 17.7 Å². The first-order valence-electron chi connectivity index (χ1n) is 5.95. The summed E-state index contributed by atoms with van der Waals surface area (Å²) >= 11 is 12.0. The van der Waals surface area contributed by atoms with E-state index in [2.05, 4.69) is 4.98 Å². The molecule has 2 aromatic rings. The SMILES string of the molecule is CCc1cc(CN)cc(Oc2cccc(Cl)c2Cl)n1. The van der Waals surface area contributed by atoms with Gasteiger partial charge in [-0.3, -0.25) is 0 Å². The molecule has 5 heteroatoms. The van der Waals surface area contributed by atoms with Crippen LogP contribution in [0.5, 0.6) is 11.6 Å². The first-order valence-corrected chi connectivity index (χ1v) is 6.71. The van der Waals surface area contributed by atoms with E-state index in [9.17, 15) is 0 Å². The number of nitrogens with two attached hydrogens (primary N) is 1. The number of nitrogens with zero attached hydrogens (tertiary/aromatic N) is 1. The van der Waals surface area contributed by atoms with Crippen molar-refractivity contribution >= 4 is 23.2 Å². The molecule has 3 nitrogen and oxygen atoms in total. The van der Waals surface area contributed by atoms with E-state index in [-0.39, 0.29) is 0 Å². The highest BCUT2D eigenvalue weighted by atomic mass is 35.5. The highest BCUT2D eigenvalue weighted by Gasteiger charge is 2.09. The van der Waals surface area contributed by atoms with Crippen LogP contribution in [0.1, 0.15) is 18.2 Å². The average Bonchev–Trinajstić information content (AvgIpc) is 2.43. The van der Waals surface area contributed by atoms with E-state index < -0.39 is 0 Å². The Morgan fingerprint density at radius 2 is 2.05 bits per heavy atom. The maximum atomic E-state index is 6.08. The Bertz CT molecular complexity index is 565. The highest BCUT2D eigenvalue weighted by Crippen LogP contribution is 2.34. The summed E-state index contributed by atoms with van der Waals surface area (Å²) in [4.78, 5) is 4.39. The number of hydrogen-bond donors (Lipinski definition) is 1. The molecule has 0 amide bonds. The first kappa shape index (κ1) is 14.1. The second-order valence-electron chi connectivity index (χ2n) is 4.02. The van der Waals surface area contributed by atoms with Gasteiger partial charge < -0.3 is 10.5 Å². The Balaban J connectivity index is 2.34. The minimum absolute atomic E-state index is 0.377. The molecule has 0 saturated carbocycles. The first-order chi connectivity index (χ1) is 9.13. The summed E-state index contributed by atoms with van der Waals surface area (Å²) in [5, 5.41) is 0.826. The zero-order valence-corrected chi connectivity index (χ0v) is 12.0. The van der Waals surface area contributed by atoms with Gasteiger partial charge in [-0.25, -0.2) is 4.98 Å². The summed E-state index contributed by atoms with van der Waals surface area (Å²) in [5.41, 5.74) is 7.56. The third-order valence-corrected chi connectivity index (χ3v) is 3.44. The molecule has 0 aliphatic heterocycles. The number of rotatable bonds is 4. The predicted molar refractivity (Wildman–Crippen MR) is 78.0 cm³/mol. The van der Waals surface area contributed by atoms with Crippen molar-refractivity contribution in [1.82, 2.24) is 4.98 Å². The number of benzene rings is 1. The fraction of sp³-hybridized carbons (Fsp3) is 0.214. The van der Waals surface area contributed by atoms with Gasteiger partial charge in [-0.15, -0.1) is 0 Å². The van der Waals surface area contributed by atoms with Crippen molar-refractivity contribution < 1.29 is 4.74 Å². The molecule has 0 radical (unpaired) electrons. The van der Waals surface area contributed by atoms with Gasteiger partial charge in [-0.2, -0.15) is 0 Å². The Morgan fingerprint density at radius 3 is 2.74 bits per heavy atom. The number of aryl methyl sites for hydroxylation is 1. The molecule has 0 fully saturated rings. The van der Waals surface area contributed by atoms with Crippen LogP contribution >= 0.6 is 23.2 Å². The van der Waals surface area contributed by atoms with Gasteiger partial charge in [0.05, 0.1) is 5.02 Å². The molecule has 1 aromatic heterocycles. The summed E-state index contributed by atoms with van der Waals surface area (Å²) in [7, 11) is 0. The quantitative estimate of drug-likeness (QED) is 0.920. The molecule has 0 saturated heterocycles. The van der Waals surface area contributed by atoms with Gasteiger partial charge in [0.2, 0.25) is 5.88 Å². The lowest BCUT2D eigenvalue weighted by molar-refractivity contribution is 0.460. The van der Waals surface area contributed by atoms with Crippen molar-refractivity contribution in [3.63, 3.8) is 0 Å². The molecule has 1 heterocycles. The Hall–Kier alpha value is -1.29. The summed E-state index contributed by atoms with van der Waals surface area (Å²) < 4.78 is 5.69. The number of hydrogen-bond acceptors (Lipinski definition) is 3. The maximum Gasteiger partial charge on any atom is 0.219 e. The van der Waals surface area contributed by atoms with Gasteiger partial charge in [0, 0.05) is 18.3 Å². The fourth-order valence-electron chi connectivity index (χ4n) is 1.65. The van der Waals surface area contributed by atoms with Crippen molar-refractivity contribution in [3.05, 3.63) is 51.6 Å². The Kier molecular flexibility index (Phi) is 4.64. The predicted octanol–water partition coefficient (Wildman–Crippen LogP) is 4.20. The average molecular weight is 297 g/mol. The van der Waals surface area contributed by atoms with Crippen molar-refractivity contribution in [3.8, 4) is 11.6 Å². The molecular formula is C14H14Cl2N2O. The maximum absolute atomic E-state index is 6.08. The van der Waals surface area contributed by atoms with Crippen molar-refractivity contribution in [1.29, 1.82) is 0 Å². The van der Waals surface area contributed by atoms with Gasteiger partial charge in [-0.05, 0) is 30.2 Å². The van der Waals surface area contributed by atoms with Crippen LogP contribution in [-0.4, -0.2) is 4.98 Å². The van der Waals surface area contributed by atoms with Crippen LogP contribution in [-0.2, 0) is 13.0 Å². The van der Waals surface area contributed by atoms with E-state index in [0.29, 0.717) is 28.2 Å². The second-order valence-corrected chi connectivity index (χ2v) is 4.80. The lowest BCUT2D eigenvalue weighted by Crippen LogP contribution is -2.01. The van der Waals surface area contributed by atoms with Crippen molar-refractivity contribution in [2.75, 3.05) is 0 Å². The molecule has 2 rings (SSSR count). The van der Waals surface area contributed by atoms with Gasteiger partial charge in [-0.1, -0.05) is 36.2 Å². The monoisotopic (exact) mass is 296 g/mol. The number of ether oxygens (including phenoxy) is 1. The zero-order chi connectivity index (χ0) is 13.8. The molecular weight excluding hydrogens is 283 g/mol. The largest absolute Gasteiger partial charge is 0.437 e. The van der Waals surface area contributed by atoms with E-state index >= 15 is 0 Å². The van der Waals surface area contributed by atoms with Gasteiger partial charge >= 0.3 is 0 Å². The molecule has 0 aliphatic rings. The van der Waals surface area contributed by atoms with E-state index in [1.165, 1.54) is 0 Å². The summed E-state index contributed by atoms with van der Waals surface area (Å²) in [5.74, 6) is 0.960. The molecule has 0 aliphatic carbocycles. The van der Waals surface area contributed by atoms with Crippen molar-refractivity contribution in [2.45, 2.75) is 19.9 Å². The smallest absolute Gasteiger partial charge is 0.219 e. The molecule has 1 aromatic carbocycles. The minimum atomic E-state index is 0.377. The third kappa shape index (κ3) is 3.38. The molecule has 2 N–H and O–H groups in total. The fourth-order valence-corrected chi connectivity index (χ4v) is 1.98. The minimum Gasteiger partial charge on any atom is -0.437 e. The number of pyridine rings is 1. The van der Waals surface area contributed by atoms with Crippen molar-refractivity contribution in [2.24, 2.45) is 5.73 Å². The molecule has 0 unspecified atom stereocenters. The van der Waals surface area contributed by atoms with E-state index in [1.807, 2.05) is 13.0 Å². The normalized spacial score (nSPS) is 10.5. The lowest BCUT2D eigenvalue weighted by Gasteiger charge is -2.10. The second kappa shape index (κ2) is 6.24. The number of halogens is 2. The third-order valence-electron chi connectivity index (χ3n) is 2.64.